The Hall–Kier alpha value is 0.480. The molecular formula is C21H40I2N4O2. The van der Waals surface area contributed by atoms with Crippen molar-refractivity contribution in [2.75, 3.05) is 79.5 Å². The van der Waals surface area contributed by atoms with Crippen LogP contribution in [0, 0.1) is 0 Å². The van der Waals surface area contributed by atoms with Crippen LogP contribution in [0.15, 0.2) is 0 Å². The van der Waals surface area contributed by atoms with E-state index in [4.69, 9.17) is 0 Å². The predicted octanol–water partition coefficient (Wildman–Crippen LogP) is -4.68. The molecule has 0 unspecified atom stereocenters. The van der Waals surface area contributed by atoms with Gasteiger partial charge < -0.3 is 57.3 Å². The molecule has 3 fully saturated rings. The minimum absolute atomic E-state index is 0. The van der Waals surface area contributed by atoms with Crippen LogP contribution >= 0.6 is 0 Å². The van der Waals surface area contributed by atoms with Gasteiger partial charge in [-0.3, -0.25) is 14.2 Å². The Kier molecular flexibility index (Phi) is 11.9. The van der Waals surface area contributed by atoms with Gasteiger partial charge >= 0.3 is 5.91 Å². The van der Waals surface area contributed by atoms with Gasteiger partial charge in [0.2, 0.25) is 5.91 Å². The van der Waals surface area contributed by atoms with E-state index < -0.39 is 0 Å². The number of carbonyl (C=O) groups is 2. The summed E-state index contributed by atoms with van der Waals surface area (Å²) in [5.74, 6) is 0.665. The zero-order chi connectivity index (χ0) is 19.3. The number of piperazine rings is 1. The first-order valence-corrected chi connectivity index (χ1v) is 11.1. The third kappa shape index (κ3) is 7.84. The normalized spacial score (nSPS) is 24.1. The highest BCUT2D eigenvalue weighted by molar-refractivity contribution is 5.76. The Bertz CT molecular complexity index is 527. The molecule has 0 aliphatic carbocycles. The van der Waals surface area contributed by atoms with Crippen LogP contribution in [-0.2, 0) is 9.59 Å². The van der Waals surface area contributed by atoms with Gasteiger partial charge in [-0.05, 0) is 38.5 Å². The molecule has 2 amide bonds. The number of hydrogen-bond acceptors (Lipinski definition) is 3. The van der Waals surface area contributed by atoms with Crippen molar-refractivity contribution in [3.8, 4) is 0 Å². The highest BCUT2D eigenvalue weighted by atomic mass is 127. The first kappa shape index (κ1) is 27.5. The lowest BCUT2D eigenvalue weighted by molar-refractivity contribution is -0.913. The lowest BCUT2D eigenvalue weighted by atomic mass is 10.1. The van der Waals surface area contributed by atoms with Crippen molar-refractivity contribution in [1.29, 1.82) is 0 Å². The summed E-state index contributed by atoms with van der Waals surface area (Å²) in [6.45, 7) is 9.19. The van der Waals surface area contributed by atoms with E-state index in [0.29, 0.717) is 29.3 Å². The minimum Gasteiger partial charge on any atom is -1.00 e. The van der Waals surface area contributed by atoms with Crippen molar-refractivity contribution >= 4 is 11.8 Å². The van der Waals surface area contributed by atoms with Crippen LogP contribution in [-0.4, -0.2) is 110 Å². The molecule has 8 heteroatoms. The molecule has 0 aromatic carbocycles. The van der Waals surface area contributed by atoms with Gasteiger partial charge in [-0.15, -0.1) is 0 Å². The Morgan fingerprint density at radius 1 is 0.759 bits per heavy atom. The average molecular weight is 634 g/mol. The zero-order valence-electron chi connectivity index (χ0n) is 18.4. The molecule has 3 heterocycles. The third-order valence-electron chi connectivity index (χ3n) is 7.25. The van der Waals surface area contributed by atoms with E-state index in [9.17, 15) is 9.59 Å². The zero-order valence-corrected chi connectivity index (χ0v) is 22.7. The highest BCUT2D eigenvalue weighted by Gasteiger charge is 2.35. The number of likely N-dealkylation sites (tertiary alicyclic amines) is 2. The maximum atomic E-state index is 12.8. The molecule has 0 N–H and O–H groups in total. The standard InChI is InChI=1S/C21H40N4O2.2HI/c1-24(14-5-3-6-15-24)18-9-20(26)23-12-10-22(11-13-23)19-21(27)25(2)16-7-4-8-17-25;;/h3-19H2,1-2H3;2*1H/q+2;;/p-2. The van der Waals surface area contributed by atoms with E-state index in [2.05, 4.69) is 19.0 Å². The average Bonchev–Trinajstić information content (AvgIpc) is 2.68. The monoisotopic (exact) mass is 634 g/mol. The molecule has 0 atom stereocenters. The van der Waals surface area contributed by atoms with E-state index in [1.807, 2.05) is 4.90 Å². The summed E-state index contributed by atoms with van der Waals surface area (Å²) in [6, 6.07) is 0. The number of rotatable bonds is 5. The number of carbonyl (C=O) groups excluding carboxylic acids is 2. The molecule has 3 aliphatic rings. The molecule has 3 saturated heterocycles. The van der Waals surface area contributed by atoms with Gasteiger partial charge in [-0.2, -0.15) is 0 Å². The molecule has 0 radical (unpaired) electrons. The van der Waals surface area contributed by atoms with Crippen LogP contribution in [0.1, 0.15) is 44.9 Å². The van der Waals surface area contributed by atoms with Crippen LogP contribution in [0.2, 0.25) is 0 Å². The third-order valence-corrected chi connectivity index (χ3v) is 7.25. The van der Waals surface area contributed by atoms with E-state index in [1.54, 1.807) is 0 Å². The van der Waals surface area contributed by atoms with Crippen LogP contribution < -0.4 is 48.0 Å². The fourth-order valence-corrected chi connectivity index (χ4v) is 5.00. The number of quaternary nitrogens is 2. The van der Waals surface area contributed by atoms with Gasteiger partial charge in [-0.1, -0.05) is 0 Å². The summed E-state index contributed by atoms with van der Waals surface area (Å²) in [5, 5.41) is 0. The fourth-order valence-electron chi connectivity index (χ4n) is 5.00. The molecule has 3 rings (SSSR count). The van der Waals surface area contributed by atoms with Crippen molar-refractivity contribution in [3.63, 3.8) is 0 Å². The van der Waals surface area contributed by atoms with Crippen LogP contribution in [0.5, 0.6) is 0 Å². The largest absolute Gasteiger partial charge is 1.00 e. The van der Waals surface area contributed by atoms with Gasteiger partial charge in [0, 0.05) is 26.2 Å². The molecule has 3 aliphatic heterocycles. The van der Waals surface area contributed by atoms with Crippen LogP contribution in [0.3, 0.4) is 0 Å². The molecule has 170 valence electrons. The summed E-state index contributed by atoms with van der Waals surface area (Å²) >= 11 is 0. The van der Waals surface area contributed by atoms with Gasteiger partial charge in [0.15, 0.2) is 0 Å². The molecule has 0 aromatic rings. The molecule has 0 spiro atoms. The summed E-state index contributed by atoms with van der Waals surface area (Å²) in [6.07, 6.45) is 8.22. The highest BCUT2D eigenvalue weighted by Crippen LogP contribution is 2.19. The van der Waals surface area contributed by atoms with E-state index in [1.165, 1.54) is 51.6 Å². The minimum atomic E-state index is 0. The molecule has 0 saturated carbocycles. The van der Waals surface area contributed by atoms with Crippen LogP contribution in [0.25, 0.3) is 0 Å². The van der Waals surface area contributed by atoms with Crippen molar-refractivity contribution in [2.24, 2.45) is 0 Å². The first-order chi connectivity index (χ1) is 12.9. The predicted molar refractivity (Wildman–Crippen MR) is 107 cm³/mol. The summed E-state index contributed by atoms with van der Waals surface area (Å²) in [7, 11) is 4.41. The van der Waals surface area contributed by atoms with Crippen molar-refractivity contribution in [2.45, 2.75) is 44.9 Å². The SMILES string of the molecule is C[N+]1(CCC(=O)N2CCN(CC(=O)[N+]3(C)CCCCC3)CC2)CCCCC1.[I-].[I-]. The van der Waals surface area contributed by atoms with Gasteiger partial charge in [0.05, 0.1) is 53.2 Å². The molecule has 29 heavy (non-hydrogen) atoms. The topological polar surface area (TPSA) is 40.6 Å². The second kappa shape index (κ2) is 12.5. The quantitative estimate of drug-likeness (QED) is 0.226. The van der Waals surface area contributed by atoms with E-state index in [0.717, 1.165) is 50.3 Å². The molecule has 0 aromatic heterocycles. The molecular weight excluding hydrogens is 594 g/mol. The first-order valence-electron chi connectivity index (χ1n) is 11.1. The smallest absolute Gasteiger partial charge is 0.327 e. The summed E-state index contributed by atoms with van der Waals surface area (Å²) in [5.41, 5.74) is 0. The Morgan fingerprint density at radius 2 is 1.28 bits per heavy atom. The molecule has 6 nitrogen and oxygen atoms in total. The lowest BCUT2D eigenvalue weighted by Crippen LogP contribution is -3.00. The summed E-state index contributed by atoms with van der Waals surface area (Å²) < 4.78 is 1.67. The van der Waals surface area contributed by atoms with Crippen molar-refractivity contribution in [1.82, 2.24) is 9.80 Å². The number of halogens is 2. The number of hydrogen-bond donors (Lipinski definition) is 0. The second-order valence-corrected chi connectivity index (χ2v) is 9.56. The number of piperidine rings is 2. The maximum absolute atomic E-state index is 12.8. The van der Waals surface area contributed by atoms with Crippen molar-refractivity contribution < 1.29 is 66.5 Å². The Balaban J connectivity index is 0.00000210. The van der Waals surface area contributed by atoms with Gasteiger partial charge in [-0.25, -0.2) is 4.79 Å². The number of nitrogens with zero attached hydrogens (tertiary/aromatic N) is 4. The van der Waals surface area contributed by atoms with Gasteiger partial charge in [0.1, 0.15) is 6.54 Å². The molecule has 0 bridgehead atoms. The Morgan fingerprint density at radius 3 is 1.83 bits per heavy atom. The number of likely N-dealkylation sites (N-methyl/N-ethyl adjacent to an activating group) is 1. The fraction of sp³-hybridized carbons (Fsp3) is 0.905. The maximum Gasteiger partial charge on any atom is 0.327 e. The Labute approximate surface area is 211 Å². The second-order valence-electron chi connectivity index (χ2n) is 9.56. The van der Waals surface area contributed by atoms with Crippen molar-refractivity contribution in [3.05, 3.63) is 0 Å². The van der Waals surface area contributed by atoms with E-state index >= 15 is 0 Å². The van der Waals surface area contributed by atoms with Crippen LogP contribution in [0.4, 0.5) is 0 Å². The van der Waals surface area contributed by atoms with Gasteiger partial charge in [0.25, 0.3) is 0 Å². The van der Waals surface area contributed by atoms with E-state index in [-0.39, 0.29) is 48.0 Å². The number of amides is 2. The summed E-state index contributed by atoms with van der Waals surface area (Å²) in [4.78, 5) is 29.7. The lowest BCUT2D eigenvalue weighted by Gasteiger charge is -2.40.